The van der Waals surface area contributed by atoms with Crippen molar-refractivity contribution in [2.24, 2.45) is 0 Å². The summed E-state index contributed by atoms with van der Waals surface area (Å²) in [6.45, 7) is 0. The zero-order valence-corrected chi connectivity index (χ0v) is 8.42. The number of aliphatic hydroxyl groups is 1. The van der Waals surface area contributed by atoms with Gasteiger partial charge in [-0.05, 0) is 12.8 Å². The summed E-state index contributed by atoms with van der Waals surface area (Å²) in [7, 11) is 1.09. The summed E-state index contributed by atoms with van der Waals surface area (Å²) in [4.78, 5) is 11.5. The van der Waals surface area contributed by atoms with Crippen molar-refractivity contribution < 1.29 is 23.1 Å². The van der Waals surface area contributed by atoms with Crippen LogP contribution in [0.2, 0.25) is 0 Å². The number of carbonyl (C=O) groups excluding carboxylic acids is 1. The van der Waals surface area contributed by atoms with Gasteiger partial charge >= 0.3 is 12.1 Å². The van der Waals surface area contributed by atoms with E-state index in [1.54, 1.807) is 0 Å². The van der Waals surface area contributed by atoms with Crippen LogP contribution in [0.1, 0.15) is 25.7 Å². The first-order valence-electron chi connectivity index (χ1n) is 4.86. The van der Waals surface area contributed by atoms with Crippen LogP contribution in [-0.4, -0.2) is 41.3 Å². The van der Waals surface area contributed by atoms with Gasteiger partial charge in [0.05, 0.1) is 12.1 Å². The van der Waals surface area contributed by atoms with E-state index in [2.05, 4.69) is 0 Å². The number of aliphatic hydroxyl groups excluding tert-OH is 1. The standard InChI is InChI=1S/C9H14F3NO2/c1-13(8(15)9(10,11)12)6-4-2-3-5-7(6)14/h6-7,14H,2-5H2,1H3. The first kappa shape index (κ1) is 12.3. The lowest BCUT2D eigenvalue weighted by Crippen LogP contribution is -2.50. The summed E-state index contributed by atoms with van der Waals surface area (Å²) >= 11 is 0. The molecule has 1 rings (SSSR count). The van der Waals surface area contributed by atoms with E-state index in [0.717, 1.165) is 19.9 Å². The molecule has 1 aliphatic rings. The minimum atomic E-state index is -4.86. The molecule has 6 heteroatoms. The van der Waals surface area contributed by atoms with E-state index in [9.17, 15) is 23.1 Å². The molecule has 0 radical (unpaired) electrons. The second-order valence-corrected chi connectivity index (χ2v) is 3.83. The summed E-state index contributed by atoms with van der Waals surface area (Å²) < 4.78 is 36.3. The Balaban J connectivity index is 2.66. The number of likely N-dealkylation sites (N-methyl/N-ethyl adjacent to an activating group) is 1. The third-order valence-corrected chi connectivity index (χ3v) is 2.75. The van der Waals surface area contributed by atoms with Crippen molar-refractivity contribution in [3.05, 3.63) is 0 Å². The molecule has 3 nitrogen and oxygen atoms in total. The molecule has 0 bridgehead atoms. The Kier molecular flexibility index (Phi) is 3.59. The van der Waals surface area contributed by atoms with E-state index < -0.39 is 24.2 Å². The zero-order chi connectivity index (χ0) is 11.6. The first-order valence-corrected chi connectivity index (χ1v) is 4.86. The number of nitrogens with zero attached hydrogens (tertiary/aromatic N) is 1. The number of hydrogen-bond acceptors (Lipinski definition) is 2. The van der Waals surface area contributed by atoms with E-state index >= 15 is 0 Å². The van der Waals surface area contributed by atoms with Crippen molar-refractivity contribution in [2.45, 2.75) is 44.0 Å². The van der Waals surface area contributed by atoms with Crippen molar-refractivity contribution in [1.29, 1.82) is 0 Å². The summed E-state index contributed by atoms with van der Waals surface area (Å²) in [5, 5.41) is 9.49. The van der Waals surface area contributed by atoms with Crippen LogP contribution in [-0.2, 0) is 4.79 Å². The van der Waals surface area contributed by atoms with Gasteiger partial charge in [-0.2, -0.15) is 13.2 Å². The van der Waals surface area contributed by atoms with Crippen LogP contribution in [0.15, 0.2) is 0 Å². The average molecular weight is 225 g/mol. The van der Waals surface area contributed by atoms with E-state index in [0.29, 0.717) is 17.7 Å². The third-order valence-electron chi connectivity index (χ3n) is 2.75. The highest BCUT2D eigenvalue weighted by molar-refractivity contribution is 5.81. The highest BCUT2D eigenvalue weighted by Gasteiger charge is 2.44. The molecule has 0 spiro atoms. The maximum Gasteiger partial charge on any atom is 0.471 e. The fourth-order valence-corrected chi connectivity index (χ4v) is 1.89. The van der Waals surface area contributed by atoms with Gasteiger partial charge in [0.1, 0.15) is 0 Å². The molecule has 1 saturated carbocycles. The normalized spacial score (nSPS) is 27.5. The molecule has 1 N–H and O–H groups in total. The Morgan fingerprint density at radius 2 is 1.87 bits per heavy atom. The molecule has 15 heavy (non-hydrogen) atoms. The molecule has 1 amide bonds. The van der Waals surface area contributed by atoms with E-state index in [4.69, 9.17) is 0 Å². The molecule has 0 heterocycles. The van der Waals surface area contributed by atoms with E-state index in [1.165, 1.54) is 0 Å². The van der Waals surface area contributed by atoms with Gasteiger partial charge in [0.15, 0.2) is 0 Å². The summed E-state index contributed by atoms with van der Waals surface area (Å²) in [6, 6.07) is -0.701. The fraction of sp³-hybridized carbons (Fsp3) is 0.889. The number of alkyl halides is 3. The monoisotopic (exact) mass is 225 g/mol. The summed E-state index contributed by atoms with van der Waals surface area (Å²) in [5.74, 6) is -1.88. The number of carbonyl (C=O) groups is 1. The Bertz CT molecular complexity index is 242. The van der Waals surface area contributed by atoms with Crippen molar-refractivity contribution in [1.82, 2.24) is 4.90 Å². The maximum atomic E-state index is 12.1. The van der Waals surface area contributed by atoms with Crippen molar-refractivity contribution in [3.8, 4) is 0 Å². The third kappa shape index (κ3) is 2.84. The second kappa shape index (κ2) is 4.38. The average Bonchev–Trinajstić information content (AvgIpc) is 2.15. The number of rotatable bonds is 1. The number of halogens is 3. The van der Waals surface area contributed by atoms with Crippen molar-refractivity contribution >= 4 is 5.91 Å². The Labute approximate surface area is 85.9 Å². The molecule has 0 aromatic carbocycles. The molecule has 2 unspecified atom stereocenters. The van der Waals surface area contributed by atoms with Crippen molar-refractivity contribution in [2.75, 3.05) is 7.05 Å². The van der Waals surface area contributed by atoms with Gasteiger partial charge in [-0.3, -0.25) is 4.79 Å². The fourth-order valence-electron chi connectivity index (χ4n) is 1.89. The molecule has 0 saturated heterocycles. The van der Waals surface area contributed by atoms with Crippen LogP contribution < -0.4 is 0 Å². The van der Waals surface area contributed by atoms with E-state index in [-0.39, 0.29) is 0 Å². The Hall–Kier alpha value is -0.780. The number of amides is 1. The molecule has 1 fully saturated rings. The highest BCUT2D eigenvalue weighted by atomic mass is 19.4. The number of hydrogen-bond donors (Lipinski definition) is 1. The van der Waals surface area contributed by atoms with Gasteiger partial charge < -0.3 is 10.0 Å². The molecule has 88 valence electrons. The molecule has 0 aliphatic heterocycles. The molecule has 0 aromatic heterocycles. The molecule has 2 atom stereocenters. The van der Waals surface area contributed by atoms with Crippen LogP contribution in [0.4, 0.5) is 13.2 Å². The van der Waals surface area contributed by atoms with Gasteiger partial charge in [0.25, 0.3) is 0 Å². The van der Waals surface area contributed by atoms with Gasteiger partial charge in [0, 0.05) is 7.05 Å². The predicted molar refractivity (Wildman–Crippen MR) is 47.1 cm³/mol. The Morgan fingerprint density at radius 1 is 1.33 bits per heavy atom. The SMILES string of the molecule is CN(C(=O)C(F)(F)F)C1CCCCC1O. The van der Waals surface area contributed by atoms with Crippen LogP contribution in [0.3, 0.4) is 0 Å². The van der Waals surface area contributed by atoms with Crippen LogP contribution in [0, 0.1) is 0 Å². The second-order valence-electron chi connectivity index (χ2n) is 3.83. The van der Waals surface area contributed by atoms with Gasteiger partial charge in [0.2, 0.25) is 0 Å². The Morgan fingerprint density at radius 3 is 2.33 bits per heavy atom. The zero-order valence-electron chi connectivity index (χ0n) is 8.42. The lowest BCUT2D eigenvalue weighted by Gasteiger charge is -2.35. The minimum Gasteiger partial charge on any atom is -0.391 e. The van der Waals surface area contributed by atoms with E-state index in [1.807, 2.05) is 0 Å². The first-order chi connectivity index (χ1) is 6.84. The molecular formula is C9H14F3NO2. The van der Waals surface area contributed by atoms with Crippen LogP contribution in [0.5, 0.6) is 0 Å². The van der Waals surface area contributed by atoms with Gasteiger partial charge in [-0.1, -0.05) is 12.8 Å². The van der Waals surface area contributed by atoms with Gasteiger partial charge in [-0.25, -0.2) is 0 Å². The maximum absolute atomic E-state index is 12.1. The minimum absolute atomic E-state index is 0.430. The van der Waals surface area contributed by atoms with Crippen LogP contribution >= 0.6 is 0 Å². The lowest BCUT2D eigenvalue weighted by molar-refractivity contribution is -0.188. The van der Waals surface area contributed by atoms with Crippen molar-refractivity contribution in [3.63, 3.8) is 0 Å². The summed E-state index contributed by atoms with van der Waals surface area (Å²) in [6.07, 6.45) is -3.26. The smallest absolute Gasteiger partial charge is 0.391 e. The largest absolute Gasteiger partial charge is 0.471 e. The van der Waals surface area contributed by atoms with Crippen LogP contribution in [0.25, 0.3) is 0 Å². The predicted octanol–water partition coefficient (Wildman–Crippen LogP) is 1.31. The molecule has 1 aliphatic carbocycles. The lowest BCUT2D eigenvalue weighted by atomic mass is 9.91. The quantitative estimate of drug-likeness (QED) is 0.731. The van der Waals surface area contributed by atoms with Gasteiger partial charge in [-0.15, -0.1) is 0 Å². The highest BCUT2D eigenvalue weighted by Crippen LogP contribution is 2.26. The summed E-state index contributed by atoms with van der Waals surface area (Å²) in [5.41, 5.74) is 0. The molecule has 0 aromatic rings. The molecular weight excluding hydrogens is 211 g/mol. The topological polar surface area (TPSA) is 40.5 Å².